The summed E-state index contributed by atoms with van der Waals surface area (Å²) in [4.78, 5) is 12.4. The van der Waals surface area contributed by atoms with Crippen LogP contribution >= 0.6 is 0 Å². The molecular weight excluding hydrogens is 304 g/mol. The molecule has 0 bridgehead atoms. The van der Waals surface area contributed by atoms with Crippen molar-refractivity contribution in [3.63, 3.8) is 0 Å². The smallest absolute Gasteiger partial charge is 0.224 e. The van der Waals surface area contributed by atoms with Crippen LogP contribution in [-0.4, -0.2) is 47.8 Å². The summed E-state index contributed by atoms with van der Waals surface area (Å²) in [7, 11) is -3.24. The zero-order valence-corrected chi connectivity index (χ0v) is 14.1. The molecule has 0 saturated carbocycles. The van der Waals surface area contributed by atoms with Crippen molar-refractivity contribution in [2.75, 3.05) is 19.3 Å². The molecule has 124 valence electrons. The molecule has 1 aromatic heterocycles. The lowest BCUT2D eigenvalue weighted by Crippen LogP contribution is -2.45. The lowest BCUT2D eigenvalue weighted by molar-refractivity contribution is -0.126. The molecule has 0 aliphatic carbocycles. The lowest BCUT2D eigenvalue weighted by atomic mass is 9.98. The van der Waals surface area contributed by atoms with Gasteiger partial charge in [0.1, 0.15) is 0 Å². The summed E-state index contributed by atoms with van der Waals surface area (Å²) >= 11 is 0. The molecule has 2 heterocycles. The SMILES string of the molecule is CCn1ccc([C@@H](C)NC(=O)[C@H]2CCCN(S(C)(=O)=O)C2)n1. The van der Waals surface area contributed by atoms with E-state index < -0.39 is 10.0 Å². The molecule has 0 unspecified atom stereocenters. The summed E-state index contributed by atoms with van der Waals surface area (Å²) in [6.07, 6.45) is 4.50. The van der Waals surface area contributed by atoms with E-state index in [4.69, 9.17) is 0 Å². The van der Waals surface area contributed by atoms with Crippen molar-refractivity contribution in [3.05, 3.63) is 18.0 Å². The molecule has 1 aliphatic rings. The summed E-state index contributed by atoms with van der Waals surface area (Å²) in [5.41, 5.74) is 0.811. The molecule has 1 fully saturated rings. The molecule has 2 atom stereocenters. The highest BCUT2D eigenvalue weighted by Gasteiger charge is 2.30. The van der Waals surface area contributed by atoms with Crippen LogP contribution < -0.4 is 5.32 Å². The van der Waals surface area contributed by atoms with E-state index in [1.807, 2.05) is 30.8 Å². The Kier molecular flexibility index (Phi) is 5.23. The van der Waals surface area contributed by atoms with Gasteiger partial charge in [-0.1, -0.05) is 0 Å². The Hall–Kier alpha value is -1.41. The van der Waals surface area contributed by atoms with E-state index in [2.05, 4.69) is 10.4 Å². The number of piperidine rings is 1. The highest BCUT2D eigenvalue weighted by atomic mass is 32.2. The number of aryl methyl sites for hydroxylation is 1. The molecule has 0 aromatic carbocycles. The average molecular weight is 328 g/mol. The minimum absolute atomic E-state index is 0.105. The third-order valence-corrected chi connectivity index (χ3v) is 5.28. The Labute approximate surface area is 131 Å². The van der Waals surface area contributed by atoms with E-state index in [1.165, 1.54) is 10.6 Å². The van der Waals surface area contributed by atoms with Gasteiger partial charge in [0.25, 0.3) is 0 Å². The van der Waals surface area contributed by atoms with E-state index in [1.54, 1.807) is 0 Å². The maximum atomic E-state index is 12.4. The highest BCUT2D eigenvalue weighted by molar-refractivity contribution is 7.88. The topological polar surface area (TPSA) is 84.3 Å². The predicted octanol–water partition coefficient (Wildman–Crippen LogP) is 0.752. The van der Waals surface area contributed by atoms with Crippen LogP contribution in [0.25, 0.3) is 0 Å². The van der Waals surface area contributed by atoms with Crippen LogP contribution in [0.3, 0.4) is 0 Å². The van der Waals surface area contributed by atoms with Crippen LogP contribution in [0.4, 0.5) is 0 Å². The van der Waals surface area contributed by atoms with E-state index >= 15 is 0 Å². The van der Waals surface area contributed by atoms with Crippen LogP contribution in [0.15, 0.2) is 12.3 Å². The number of nitrogens with one attached hydrogen (secondary N) is 1. The monoisotopic (exact) mass is 328 g/mol. The molecule has 1 N–H and O–H groups in total. The van der Waals surface area contributed by atoms with Gasteiger partial charge in [0.15, 0.2) is 0 Å². The molecule has 0 radical (unpaired) electrons. The fraction of sp³-hybridized carbons (Fsp3) is 0.714. The van der Waals surface area contributed by atoms with Crippen molar-refractivity contribution in [2.45, 2.75) is 39.3 Å². The van der Waals surface area contributed by atoms with Gasteiger partial charge in [-0.15, -0.1) is 0 Å². The number of nitrogens with zero attached hydrogens (tertiary/aromatic N) is 3. The normalized spacial score (nSPS) is 21.5. The van der Waals surface area contributed by atoms with Crippen molar-refractivity contribution < 1.29 is 13.2 Å². The van der Waals surface area contributed by atoms with Gasteiger partial charge in [-0.05, 0) is 32.8 Å². The van der Waals surface area contributed by atoms with Crippen molar-refractivity contribution in [1.82, 2.24) is 19.4 Å². The average Bonchev–Trinajstić information content (AvgIpc) is 2.95. The summed E-state index contributed by atoms with van der Waals surface area (Å²) in [5.74, 6) is -0.397. The number of amides is 1. The van der Waals surface area contributed by atoms with E-state index in [-0.39, 0.29) is 24.4 Å². The summed E-state index contributed by atoms with van der Waals surface area (Å²) in [5, 5.41) is 7.32. The first-order valence-electron chi connectivity index (χ1n) is 7.60. The largest absolute Gasteiger partial charge is 0.348 e. The van der Waals surface area contributed by atoms with Gasteiger partial charge in [0, 0.05) is 25.8 Å². The molecule has 1 aromatic rings. The number of rotatable bonds is 5. The molecule has 1 amide bonds. The maximum Gasteiger partial charge on any atom is 0.224 e. The number of hydrogen-bond donors (Lipinski definition) is 1. The van der Waals surface area contributed by atoms with Crippen LogP contribution in [0.5, 0.6) is 0 Å². The van der Waals surface area contributed by atoms with Gasteiger partial charge in [-0.25, -0.2) is 12.7 Å². The predicted molar refractivity (Wildman–Crippen MR) is 83.6 cm³/mol. The number of aromatic nitrogens is 2. The molecule has 22 heavy (non-hydrogen) atoms. The van der Waals surface area contributed by atoms with Crippen LogP contribution in [0.2, 0.25) is 0 Å². The number of sulfonamides is 1. The number of hydrogen-bond acceptors (Lipinski definition) is 4. The first kappa shape index (κ1) is 17.0. The van der Waals surface area contributed by atoms with Gasteiger partial charge in [0.05, 0.1) is 23.9 Å². The third-order valence-electron chi connectivity index (χ3n) is 4.01. The molecule has 1 saturated heterocycles. The Bertz CT molecular complexity index is 626. The van der Waals surface area contributed by atoms with Crippen LogP contribution in [-0.2, 0) is 21.4 Å². The second-order valence-electron chi connectivity index (χ2n) is 5.79. The minimum Gasteiger partial charge on any atom is -0.348 e. The maximum absolute atomic E-state index is 12.4. The zero-order valence-electron chi connectivity index (χ0n) is 13.3. The Morgan fingerprint density at radius 1 is 1.55 bits per heavy atom. The summed E-state index contributed by atoms with van der Waals surface area (Å²) in [6.45, 7) is 5.44. The van der Waals surface area contributed by atoms with Gasteiger partial charge in [-0.3, -0.25) is 9.48 Å². The third kappa shape index (κ3) is 4.07. The van der Waals surface area contributed by atoms with Gasteiger partial charge in [-0.2, -0.15) is 5.10 Å². The van der Waals surface area contributed by atoms with Crippen molar-refractivity contribution >= 4 is 15.9 Å². The van der Waals surface area contributed by atoms with E-state index in [9.17, 15) is 13.2 Å². The highest BCUT2D eigenvalue weighted by Crippen LogP contribution is 2.20. The van der Waals surface area contributed by atoms with Crippen molar-refractivity contribution in [2.24, 2.45) is 5.92 Å². The molecule has 7 nitrogen and oxygen atoms in total. The van der Waals surface area contributed by atoms with E-state index in [0.29, 0.717) is 19.4 Å². The Morgan fingerprint density at radius 3 is 2.86 bits per heavy atom. The fourth-order valence-electron chi connectivity index (χ4n) is 2.65. The second-order valence-corrected chi connectivity index (χ2v) is 7.77. The molecule has 0 spiro atoms. The lowest BCUT2D eigenvalue weighted by Gasteiger charge is -2.30. The molecular formula is C14H24N4O3S. The molecule has 2 rings (SSSR count). The minimum atomic E-state index is -3.24. The number of carbonyl (C=O) groups excluding carboxylic acids is 1. The van der Waals surface area contributed by atoms with Gasteiger partial charge >= 0.3 is 0 Å². The van der Waals surface area contributed by atoms with Gasteiger partial charge in [0.2, 0.25) is 15.9 Å². The van der Waals surface area contributed by atoms with Crippen LogP contribution in [0, 0.1) is 5.92 Å². The quantitative estimate of drug-likeness (QED) is 0.864. The van der Waals surface area contributed by atoms with Crippen molar-refractivity contribution in [1.29, 1.82) is 0 Å². The first-order valence-corrected chi connectivity index (χ1v) is 9.45. The Morgan fingerprint density at radius 2 is 2.27 bits per heavy atom. The second kappa shape index (κ2) is 6.78. The van der Waals surface area contributed by atoms with Crippen LogP contribution in [0.1, 0.15) is 38.4 Å². The first-order chi connectivity index (χ1) is 10.3. The fourth-order valence-corrected chi connectivity index (χ4v) is 3.56. The number of carbonyl (C=O) groups is 1. The zero-order chi connectivity index (χ0) is 16.3. The molecule has 8 heteroatoms. The standard InChI is InChI=1S/C14H24N4O3S/c1-4-17-9-7-13(16-17)11(2)15-14(19)12-6-5-8-18(10-12)22(3,20)21/h7,9,11-12H,4-6,8,10H2,1-3H3,(H,15,19)/t11-,12+/m1/s1. The Balaban J connectivity index is 1.96. The summed E-state index contributed by atoms with van der Waals surface area (Å²) < 4.78 is 26.4. The van der Waals surface area contributed by atoms with E-state index in [0.717, 1.165) is 12.2 Å². The molecule has 1 aliphatic heterocycles. The van der Waals surface area contributed by atoms with Gasteiger partial charge < -0.3 is 5.32 Å². The summed E-state index contributed by atoms with van der Waals surface area (Å²) in [6, 6.07) is 1.70. The van der Waals surface area contributed by atoms with Crippen molar-refractivity contribution in [3.8, 4) is 0 Å².